The van der Waals surface area contributed by atoms with Crippen LogP contribution in [0.15, 0.2) is 59.3 Å². The number of rotatable bonds is 7. The summed E-state index contributed by atoms with van der Waals surface area (Å²) >= 11 is 6.12. The van der Waals surface area contributed by atoms with Crippen LogP contribution in [0.5, 0.6) is 0 Å². The molecule has 12 heteroatoms. The van der Waals surface area contributed by atoms with Gasteiger partial charge in [0, 0.05) is 11.8 Å². The van der Waals surface area contributed by atoms with E-state index in [2.05, 4.69) is 25.8 Å². The molecule has 0 fully saturated rings. The van der Waals surface area contributed by atoms with Crippen molar-refractivity contribution in [3.05, 3.63) is 77.0 Å². The first-order valence-corrected chi connectivity index (χ1v) is 11.4. The van der Waals surface area contributed by atoms with Crippen LogP contribution in [0.3, 0.4) is 0 Å². The Morgan fingerprint density at radius 3 is 2.49 bits per heavy atom. The second-order valence-corrected chi connectivity index (χ2v) is 8.59. The minimum absolute atomic E-state index is 0.0328. The maximum Gasteiger partial charge on any atom is 0.397 e. The summed E-state index contributed by atoms with van der Waals surface area (Å²) in [6.07, 6.45) is -4.95. The predicted octanol–water partition coefficient (Wildman–Crippen LogP) is 6.96. The van der Waals surface area contributed by atoms with Crippen LogP contribution < -0.4 is 10.6 Å². The number of hydrogen-bond donors (Lipinski definition) is 2. The number of pyridine rings is 1. The zero-order valence-electron chi connectivity index (χ0n) is 19.5. The normalized spacial score (nSPS) is 12.3. The molecule has 1 unspecified atom stereocenters. The van der Waals surface area contributed by atoms with Crippen molar-refractivity contribution in [2.24, 2.45) is 0 Å². The summed E-state index contributed by atoms with van der Waals surface area (Å²) in [5, 5.41) is 9.06. The van der Waals surface area contributed by atoms with Crippen molar-refractivity contribution in [3.8, 4) is 22.6 Å². The minimum Gasteiger partial charge on any atom is -0.362 e. The van der Waals surface area contributed by atoms with Crippen molar-refractivity contribution in [1.29, 1.82) is 0 Å². The molecule has 2 N–H and O–H groups in total. The molecule has 37 heavy (non-hydrogen) atoms. The third kappa shape index (κ3) is 6.42. The molecule has 2 heterocycles. The Labute approximate surface area is 213 Å². The zero-order valence-corrected chi connectivity index (χ0v) is 20.3. The first kappa shape index (κ1) is 26.1. The van der Waals surface area contributed by atoms with Gasteiger partial charge in [-0.25, -0.2) is 9.37 Å². The van der Waals surface area contributed by atoms with Gasteiger partial charge in [0.2, 0.25) is 5.91 Å². The fourth-order valence-corrected chi connectivity index (χ4v) is 3.81. The average molecular weight is 534 g/mol. The van der Waals surface area contributed by atoms with E-state index in [1.165, 1.54) is 24.4 Å². The van der Waals surface area contributed by atoms with Gasteiger partial charge in [-0.2, -0.15) is 18.2 Å². The topological polar surface area (TPSA) is 92.9 Å². The molecule has 0 saturated heterocycles. The Hall–Kier alpha value is -3.99. The zero-order chi connectivity index (χ0) is 26.7. The number of alkyl halides is 3. The molecule has 0 aliphatic rings. The fourth-order valence-electron chi connectivity index (χ4n) is 3.62. The van der Waals surface area contributed by atoms with Gasteiger partial charge < -0.3 is 15.2 Å². The standard InChI is InChI=1S/C25H20ClF4N5O2/c1-13(32-23-22(20(26)9-10-31-23)34-21(36)12-25(28,29)30)15-3-5-16(6-4-15)19-11-17(27)7-8-18(19)24-33-14(2)35-37-24/h3-11,13H,12H2,1-2H3,(H,31,32)(H,34,36). The van der Waals surface area contributed by atoms with Gasteiger partial charge in [0.25, 0.3) is 5.89 Å². The Morgan fingerprint density at radius 1 is 1.11 bits per heavy atom. The number of carbonyl (C=O) groups is 1. The van der Waals surface area contributed by atoms with Gasteiger partial charge in [0.15, 0.2) is 11.6 Å². The molecule has 192 valence electrons. The average Bonchev–Trinajstić information content (AvgIpc) is 3.26. The summed E-state index contributed by atoms with van der Waals surface area (Å²) in [5.41, 5.74) is 2.55. The van der Waals surface area contributed by atoms with E-state index < -0.39 is 24.3 Å². The van der Waals surface area contributed by atoms with Crippen molar-refractivity contribution in [2.45, 2.75) is 32.5 Å². The van der Waals surface area contributed by atoms with Gasteiger partial charge >= 0.3 is 6.18 Å². The molecule has 0 saturated carbocycles. The van der Waals surface area contributed by atoms with Crippen LogP contribution >= 0.6 is 11.6 Å². The lowest BCUT2D eigenvalue weighted by Gasteiger charge is -2.19. The van der Waals surface area contributed by atoms with Crippen molar-refractivity contribution >= 4 is 29.0 Å². The molecule has 4 aromatic rings. The molecule has 4 rings (SSSR count). The van der Waals surface area contributed by atoms with E-state index in [4.69, 9.17) is 16.1 Å². The highest BCUT2D eigenvalue weighted by atomic mass is 35.5. The van der Waals surface area contributed by atoms with E-state index in [1.54, 1.807) is 44.2 Å². The van der Waals surface area contributed by atoms with Gasteiger partial charge in [-0.3, -0.25) is 4.79 Å². The highest BCUT2D eigenvalue weighted by molar-refractivity contribution is 6.34. The number of nitrogens with one attached hydrogen (secondary N) is 2. The van der Waals surface area contributed by atoms with Gasteiger partial charge in [-0.1, -0.05) is 41.0 Å². The van der Waals surface area contributed by atoms with Crippen LogP contribution in [0.25, 0.3) is 22.6 Å². The van der Waals surface area contributed by atoms with Crippen LogP contribution in [0.2, 0.25) is 5.02 Å². The van der Waals surface area contributed by atoms with Crippen LogP contribution in [0.4, 0.5) is 29.1 Å². The van der Waals surface area contributed by atoms with Crippen LogP contribution in [0.1, 0.15) is 30.8 Å². The lowest BCUT2D eigenvalue weighted by atomic mass is 9.97. The van der Waals surface area contributed by atoms with E-state index in [0.717, 1.165) is 5.56 Å². The molecular weight excluding hydrogens is 514 g/mol. The minimum atomic E-state index is -4.66. The molecule has 2 aromatic heterocycles. The fraction of sp³-hybridized carbons (Fsp3) is 0.200. The first-order chi connectivity index (χ1) is 17.5. The van der Waals surface area contributed by atoms with Crippen molar-refractivity contribution in [1.82, 2.24) is 15.1 Å². The highest BCUT2D eigenvalue weighted by Crippen LogP contribution is 2.34. The third-order valence-corrected chi connectivity index (χ3v) is 5.66. The van der Waals surface area contributed by atoms with Crippen molar-refractivity contribution in [3.63, 3.8) is 0 Å². The number of nitrogens with zero attached hydrogens (tertiary/aromatic N) is 3. The molecule has 1 amide bonds. The number of anilines is 2. The summed E-state index contributed by atoms with van der Waals surface area (Å²) < 4.78 is 57.1. The Balaban J connectivity index is 1.56. The molecule has 7 nitrogen and oxygen atoms in total. The number of hydrogen-bond acceptors (Lipinski definition) is 6. The molecule has 1 atom stereocenters. The second-order valence-electron chi connectivity index (χ2n) is 8.18. The Kier molecular flexibility index (Phi) is 7.44. The highest BCUT2D eigenvalue weighted by Gasteiger charge is 2.32. The smallest absolute Gasteiger partial charge is 0.362 e. The largest absolute Gasteiger partial charge is 0.397 e. The van der Waals surface area contributed by atoms with E-state index in [9.17, 15) is 22.4 Å². The SMILES string of the molecule is Cc1noc(-c2ccc(F)cc2-c2ccc(C(C)Nc3nccc(Cl)c3NC(=O)CC(F)(F)F)cc2)n1. The quantitative estimate of drug-likeness (QED) is 0.249. The predicted molar refractivity (Wildman–Crippen MR) is 130 cm³/mol. The molecular formula is C25H20ClF4N5O2. The number of amides is 1. The van der Waals surface area contributed by atoms with Gasteiger partial charge in [0.1, 0.15) is 17.9 Å². The summed E-state index contributed by atoms with van der Waals surface area (Å²) in [5.74, 6) is -0.868. The summed E-state index contributed by atoms with van der Waals surface area (Å²) in [6, 6.07) is 12.4. The van der Waals surface area contributed by atoms with E-state index in [0.29, 0.717) is 22.5 Å². The lowest BCUT2D eigenvalue weighted by molar-refractivity contribution is -0.150. The molecule has 0 spiro atoms. The van der Waals surface area contributed by atoms with Gasteiger partial charge in [0.05, 0.1) is 11.1 Å². The van der Waals surface area contributed by atoms with Crippen LogP contribution in [-0.4, -0.2) is 27.2 Å². The number of aromatic nitrogens is 3. The first-order valence-electron chi connectivity index (χ1n) is 11.0. The molecule has 0 aliphatic heterocycles. The summed E-state index contributed by atoms with van der Waals surface area (Å²) in [4.78, 5) is 20.2. The van der Waals surface area contributed by atoms with Crippen molar-refractivity contribution in [2.75, 3.05) is 10.6 Å². The molecule has 2 aromatic carbocycles. The maximum absolute atomic E-state index is 14.1. The van der Waals surface area contributed by atoms with Crippen molar-refractivity contribution < 1.29 is 26.9 Å². The van der Waals surface area contributed by atoms with Crippen LogP contribution in [-0.2, 0) is 4.79 Å². The number of aryl methyl sites for hydroxylation is 1. The monoisotopic (exact) mass is 533 g/mol. The number of benzene rings is 2. The van der Waals surface area contributed by atoms with E-state index >= 15 is 0 Å². The van der Waals surface area contributed by atoms with Crippen LogP contribution in [0, 0.1) is 12.7 Å². The van der Waals surface area contributed by atoms with Gasteiger partial charge in [-0.15, -0.1) is 0 Å². The third-order valence-electron chi connectivity index (χ3n) is 5.34. The molecule has 0 bridgehead atoms. The van der Waals surface area contributed by atoms with Gasteiger partial charge in [-0.05, 0) is 54.8 Å². The number of carbonyl (C=O) groups excluding carboxylic acids is 1. The number of halogens is 5. The Bertz CT molecular complexity index is 1420. The summed E-state index contributed by atoms with van der Waals surface area (Å²) in [7, 11) is 0. The summed E-state index contributed by atoms with van der Waals surface area (Å²) in [6.45, 7) is 3.48. The Morgan fingerprint density at radius 2 is 1.84 bits per heavy atom. The maximum atomic E-state index is 14.1. The molecule has 0 aliphatic carbocycles. The second kappa shape index (κ2) is 10.6. The lowest BCUT2D eigenvalue weighted by Crippen LogP contribution is -2.22. The molecule has 0 radical (unpaired) electrons. The van der Waals surface area contributed by atoms with E-state index in [-0.39, 0.29) is 28.5 Å². The van der Waals surface area contributed by atoms with E-state index in [1.807, 2.05) is 0 Å².